The van der Waals surface area contributed by atoms with Gasteiger partial charge in [0.2, 0.25) is 10.0 Å². The van der Waals surface area contributed by atoms with Gasteiger partial charge in [0.15, 0.2) is 0 Å². The maximum Gasteiger partial charge on any atom is 0.257 e. The predicted octanol–water partition coefficient (Wildman–Crippen LogP) is 1.99. The van der Waals surface area contributed by atoms with Crippen molar-refractivity contribution in [2.24, 2.45) is 5.92 Å². The van der Waals surface area contributed by atoms with Crippen LogP contribution in [-0.2, 0) is 15.8 Å². The van der Waals surface area contributed by atoms with E-state index in [1.54, 1.807) is 48.5 Å². The van der Waals surface area contributed by atoms with Gasteiger partial charge >= 0.3 is 0 Å². The van der Waals surface area contributed by atoms with Gasteiger partial charge in [0.1, 0.15) is 6.33 Å². The van der Waals surface area contributed by atoms with Crippen LogP contribution in [-0.4, -0.2) is 41.1 Å². The molecule has 2 aromatic carbocycles. The Bertz CT molecular complexity index is 1080. The second-order valence-corrected chi connectivity index (χ2v) is 8.73. The van der Waals surface area contributed by atoms with E-state index in [1.165, 1.54) is 11.0 Å². The van der Waals surface area contributed by atoms with Crippen molar-refractivity contribution >= 4 is 21.6 Å². The minimum absolute atomic E-state index is 0.162. The minimum Gasteiger partial charge on any atom is -0.322 e. The molecule has 0 bridgehead atoms. The topological polar surface area (TPSA) is 119 Å². The van der Waals surface area contributed by atoms with E-state index >= 15 is 0 Å². The molecule has 0 spiro atoms. The zero-order chi connectivity index (χ0) is 20.9. The van der Waals surface area contributed by atoms with Gasteiger partial charge in [-0.25, -0.2) is 13.1 Å². The molecule has 0 saturated carbocycles. The molecule has 9 nitrogen and oxygen atoms in total. The Balaban J connectivity index is 1.75. The number of sulfonamides is 1. The number of nitrogens with one attached hydrogen (secondary N) is 2. The lowest BCUT2D eigenvalue weighted by molar-refractivity contribution is 0.102. The molecule has 0 radical (unpaired) electrons. The van der Waals surface area contributed by atoms with Gasteiger partial charge in [-0.3, -0.25) is 4.79 Å². The first kappa shape index (κ1) is 20.6. The molecule has 0 aliphatic rings. The Morgan fingerprint density at radius 2 is 1.93 bits per heavy atom. The van der Waals surface area contributed by atoms with Crippen molar-refractivity contribution in [3.63, 3.8) is 0 Å². The molecule has 0 saturated heterocycles. The summed E-state index contributed by atoms with van der Waals surface area (Å²) in [5, 5.41) is 13.8. The highest BCUT2D eigenvalue weighted by atomic mass is 32.2. The third kappa shape index (κ3) is 5.69. The molecule has 29 heavy (non-hydrogen) atoms. The fraction of sp³-hybridized carbons (Fsp3) is 0.263. The summed E-state index contributed by atoms with van der Waals surface area (Å²) in [6.07, 6.45) is 1.40. The molecule has 3 aromatic rings. The van der Waals surface area contributed by atoms with E-state index in [9.17, 15) is 13.2 Å². The van der Waals surface area contributed by atoms with Crippen LogP contribution in [0.15, 0.2) is 54.9 Å². The fourth-order valence-electron chi connectivity index (χ4n) is 2.64. The van der Waals surface area contributed by atoms with E-state index in [0.29, 0.717) is 29.0 Å². The van der Waals surface area contributed by atoms with Crippen LogP contribution in [0.25, 0.3) is 5.69 Å². The van der Waals surface area contributed by atoms with Crippen molar-refractivity contribution in [1.82, 2.24) is 24.9 Å². The molecular formula is C19H22N6O3S. The molecule has 1 aromatic heterocycles. The zero-order valence-electron chi connectivity index (χ0n) is 16.1. The molecule has 0 unspecified atom stereocenters. The average Bonchev–Trinajstić information content (AvgIpc) is 3.21. The van der Waals surface area contributed by atoms with Gasteiger partial charge in [0.25, 0.3) is 5.91 Å². The summed E-state index contributed by atoms with van der Waals surface area (Å²) in [6.45, 7) is 4.25. The van der Waals surface area contributed by atoms with Crippen molar-refractivity contribution < 1.29 is 13.2 Å². The van der Waals surface area contributed by atoms with Crippen LogP contribution in [0.5, 0.6) is 0 Å². The van der Waals surface area contributed by atoms with Crippen LogP contribution < -0.4 is 10.0 Å². The average molecular weight is 414 g/mol. The predicted molar refractivity (Wildman–Crippen MR) is 109 cm³/mol. The quantitative estimate of drug-likeness (QED) is 0.582. The van der Waals surface area contributed by atoms with Crippen LogP contribution in [0.4, 0.5) is 5.69 Å². The first-order valence-corrected chi connectivity index (χ1v) is 10.7. The molecule has 10 heteroatoms. The number of carbonyl (C=O) groups excluding carboxylic acids is 1. The molecular weight excluding hydrogens is 392 g/mol. The Morgan fingerprint density at radius 3 is 2.66 bits per heavy atom. The minimum atomic E-state index is -3.45. The van der Waals surface area contributed by atoms with Gasteiger partial charge in [0.05, 0.1) is 17.0 Å². The Hall–Kier alpha value is -3.11. The number of anilines is 1. The lowest BCUT2D eigenvalue weighted by atomic mass is 10.1. The van der Waals surface area contributed by atoms with Crippen molar-refractivity contribution in [1.29, 1.82) is 0 Å². The number of hydrogen-bond acceptors (Lipinski definition) is 6. The Morgan fingerprint density at radius 1 is 1.14 bits per heavy atom. The van der Waals surface area contributed by atoms with Crippen LogP contribution in [0.3, 0.4) is 0 Å². The van der Waals surface area contributed by atoms with E-state index in [4.69, 9.17) is 0 Å². The van der Waals surface area contributed by atoms with E-state index in [-0.39, 0.29) is 17.6 Å². The molecule has 0 aliphatic heterocycles. The first-order valence-electron chi connectivity index (χ1n) is 9.04. The highest BCUT2D eigenvalue weighted by Crippen LogP contribution is 2.17. The van der Waals surface area contributed by atoms with E-state index in [0.717, 1.165) is 0 Å². The number of nitrogens with zero attached hydrogens (tertiary/aromatic N) is 4. The maximum atomic E-state index is 12.8. The molecule has 0 atom stereocenters. The Kier molecular flexibility index (Phi) is 6.35. The number of tetrazole rings is 1. The maximum absolute atomic E-state index is 12.8. The van der Waals surface area contributed by atoms with Crippen LogP contribution >= 0.6 is 0 Å². The smallest absolute Gasteiger partial charge is 0.257 e. The summed E-state index contributed by atoms with van der Waals surface area (Å²) < 4.78 is 28.4. The van der Waals surface area contributed by atoms with Gasteiger partial charge < -0.3 is 5.32 Å². The zero-order valence-corrected chi connectivity index (χ0v) is 16.9. The second kappa shape index (κ2) is 8.93. The van der Waals surface area contributed by atoms with Crippen molar-refractivity contribution in [3.05, 3.63) is 66.0 Å². The number of para-hydroxylation sites is 1. The summed E-state index contributed by atoms with van der Waals surface area (Å²) in [6, 6.07) is 13.7. The van der Waals surface area contributed by atoms with Crippen molar-refractivity contribution in [2.75, 3.05) is 11.9 Å². The third-order valence-electron chi connectivity index (χ3n) is 4.00. The van der Waals surface area contributed by atoms with Gasteiger partial charge in [-0.05, 0) is 46.2 Å². The summed E-state index contributed by atoms with van der Waals surface area (Å²) >= 11 is 0. The van der Waals surface area contributed by atoms with E-state index < -0.39 is 10.0 Å². The van der Waals surface area contributed by atoms with Gasteiger partial charge in [-0.15, -0.1) is 5.10 Å². The molecule has 0 aliphatic carbocycles. The molecule has 1 heterocycles. The number of hydrogen-bond donors (Lipinski definition) is 2. The summed E-state index contributed by atoms with van der Waals surface area (Å²) in [5.74, 6) is -0.297. The van der Waals surface area contributed by atoms with Gasteiger partial charge in [0, 0.05) is 12.2 Å². The standard InChI is InChI=1S/C19H22N6O3S/c1-14(2)11-21-29(27,28)12-15-6-5-7-16(10-15)22-19(26)17-8-3-4-9-18(17)25-13-20-23-24-25/h3-10,13-14,21H,11-12H2,1-2H3,(H,22,26). The SMILES string of the molecule is CC(C)CNS(=O)(=O)Cc1cccc(NC(=O)c2ccccc2-n2cnnn2)c1. The number of benzene rings is 2. The van der Waals surface area contributed by atoms with Crippen LogP contribution in [0, 0.1) is 5.92 Å². The summed E-state index contributed by atoms with van der Waals surface area (Å²) in [4.78, 5) is 12.8. The van der Waals surface area contributed by atoms with E-state index in [2.05, 4.69) is 25.6 Å². The summed E-state index contributed by atoms with van der Waals surface area (Å²) in [7, 11) is -3.45. The largest absolute Gasteiger partial charge is 0.322 e. The molecule has 0 fully saturated rings. The lowest BCUT2D eigenvalue weighted by Gasteiger charge is -2.11. The van der Waals surface area contributed by atoms with Crippen molar-refractivity contribution in [3.8, 4) is 5.69 Å². The molecule has 152 valence electrons. The first-order chi connectivity index (χ1) is 13.8. The monoisotopic (exact) mass is 414 g/mol. The van der Waals surface area contributed by atoms with Crippen LogP contribution in [0.2, 0.25) is 0 Å². The normalized spacial score (nSPS) is 11.6. The molecule has 1 amide bonds. The number of rotatable bonds is 8. The number of carbonyl (C=O) groups is 1. The molecule has 3 rings (SSSR count). The van der Waals surface area contributed by atoms with Crippen molar-refractivity contribution in [2.45, 2.75) is 19.6 Å². The number of amides is 1. The third-order valence-corrected chi connectivity index (χ3v) is 5.32. The lowest BCUT2D eigenvalue weighted by Crippen LogP contribution is -2.28. The second-order valence-electron chi connectivity index (χ2n) is 6.93. The number of aromatic nitrogens is 4. The van der Waals surface area contributed by atoms with E-state index in [1.807, 2.05) is 13.8 Å². The van der Waals surface area contributed by atoms with Crippen LogP contribution in [0.1, 0.15) is 29.8 Å². The summed E-state index contributed by atoms with van der Waals surface area (Å²) in [5.41, 5.74) is 1.99. The highest BCUT2D eigenvalue weighted by Gasteiger charge is 2.15. The Labute approximate surface area is 169 Å². The highest BCUT2D eigenvalue weighted by molar-refractivity contribution is 7.88. The fourth-order valence-corrected chi connectivity index (χ4v) is 3.95. The van der Waals surface area contributed by atoms with Gasteiger partial charge in [-0.1, -0.05) is 38.1 Å². The van der Waals surface area contributed by atoms with Gasteiger partial charge in [-0.2, -0.15) is 4.68 Å². The molecule has 2 N–H and O–H groups in total.